The molecule has 2 N–H and O–H groups in total. The second-order valence-electron chi connectivity index (χ2n) is 6.79. The van der Waals surface area contributed by atoms with Crippen molar-refractivity contribution in [2.24, 2.45) is 5.41 Å². The molecule has 0 aliphatic heterocycles. The molecule has 1 fully saturated rings. The van der Waals surface area contributed by atoms with Gasteiger partial charge < -0.3 is 15.1 Å². The Hall–Kier alpha value is -2.56. The van der Waals surface area contributed by atoms with Crippen molar-refractivity contribution in [3.05, 3.63) is 60.1 Å². The van der Waals surface area contributed by atoms with Crippen molar-refractivity contribution >= 4 is 11.8 Å². The number of amides is 2. The van der Waals surface area contributed by atoms with Crippen LogP contribution >= 0.6 is 0 Å². The second-order valence-corrected chi connectivity index (χ2v) is 6.79. The molecule has 2 aromatic rings. The molecular weight excluding hydrogens is 316 g/mol. The summed E-state index contributed by atoms with van der Waals surface area (Å²) in [6.07, 6.45) is 5.08. The molecule has 1 aromatic carbocycles. The highest BCUT2D eigenvalue weighted by atomic mass is 16.3. The third-order valence-corrected chi connectivity index (χ3v) is 4.94. The zero-order valence-corrected chi connectivity index (χ0v) is 14.5. The quantitative estimate of drug-likeness (QED) is 0.814. The van der Waals surface area contributed by atoms with Gasteiger partial charge in [0, 0.05) is 0 Å². The summed E-state index contributed by atoms with van der Waals surface area (Å²) in [6, 6.07) is 13.1. The fraction of sp³-hybridized carbons (Fsp3) is 0.400. The van der Waals surface area contributed by atoms with E-state index in [1.54, 1.807) is 25.3 Å². The number of rotatable bonds is 7. The molecule has 0 unspecified atom stereocenters. The van der Waals surface area contributed by atoms with Gasteiger partial charge in [0.2, 0.25) is 11.8 Å². The van der Waals surface area contributed by atoms with Crippen molar-refractivity contribution in [2.75, 3.05) is 0 Å². The summed E-state index contributed by atoms with van der Waals surface area (Å²) < 4.78 is 5.19. The number of carbonyl (C=O) groups is 2. The smallest absolute Gasteiger partial charge is 0.242 e. The number of furan rings is 1. The minimum absolute atomic E-state index is 0.0248. The summed E-state index contributed by atoms with van der Waals surface area (Å²) >= 11 is 0. The minimum atomic E-state index is -0.573. The highest BCUT2D eigenvalue weighted by Gasteiger charge is 2.44. The predicted molar refractivity (Wildman–Crippen MR) is 94.6 cm³/mol. The number of carbonyl (C=O) groups excluding carboxylic acids is 2. The zero-order chi connectivity index (χ0) is 17.7. The molecule has 1 atom stereocenters. The van der Waals surface area contributed by atoms with Gasteiger partial charge in [0.05, 0.1) is 18.2 Å². The van der Waals surface area contributed by atoms with Gasteiger partial charge in [0.25, 0.3) is 0 Å². The van der Waals surface area contributed by atoms with Gasteiger partial charge in [0.15, 0.2) is 0 Å². The van der Waals surface area contributed by atoms with Gasteiger partial charge in [-0.1, -0.05) is 36.8 Å². The molecule has 1 heterocycles. The molecule has 2 amide bonds. The van der Waals surface area contributed by atoms with Gasteiger partial charge in [-0.25, -0.2) is 0 Å². The van der Waals surface area contributed by atoms with Crippen molar-refractivity contribution in [1.82, 2.24) is 10.6 Å². The van der Waals surface area contributed by atoms with Crippen LogP contribution in [0.1, 0.15) is 37.5 Å². The van der Waals surface area contributed by atoms with Gasteiger partial charge >= 0.3 is 0 Å². The molecule has 0 spiro atoms. The maximum Gasteiger partial charge on any atom is 0.242 e. The highest BCUT2D eigenvalue weighted by molar-refractivity contribution is 5.90. The average Bonchev–Trinajstić information content (AvgIpc) is 3.10. The number of hydrogen-bond donors (Lipinski definition) is 2. The molecule has 1 aliphatic carbocycles. The van der Waals surface area contributed by atoms with E-state index in [-0.39, 0.29) is 17.2 Å². The van der Waals surface area contributed by atoms with Crippen molar-refractivity contribution in [2.45, 2.75) is 45.2 Å². The molecule has 5 nitrogen and oxygen atoms in total. The van der Waals surface area contributed by atoms with Crippen molar-refractivity contribution in [3.63, 3.8) is 0 Å². The highest BCUT2D eigenvalue weighted by Crippen LogP contribution is 2.44. The minimum Gasteiger partial charge on any atom is -0.467 e. The predicted octanol–water partition coefficient (Wildman–Crippen LogP) is 2.81. The molecular formula is C20H24N2O3. The Bertz CT molecular complexity index is 706. The first-order valence-electron chi connectivity index (χ1n) is 8.74. The molecule has 5 heteroatoms. The van der Waals surface area contributed by atoms with E-state index < -0.39 is 6.04 Å². The normalized spacial score (nSPS) is 16.5. The van der Waals surface area contributed by atoms with Crippen LogP contribution in [0.5, 0.6) is 0 Å². The van der Waals surface area contributed by atoms with E-state index in [1.165, 1.54) is 0 Å². The largest absolute Gasteiger partial charge is 0.467 e. The molecule has 1 saturated carbocycles. The van der Waals surface area contributed by atoms with E-state index in [2.05, 4.69) is 10.6 Å². The standard InChI is InChI=1S/C20H24N2O3/c1-15(18(23)21-14-17-9-5-12-25-17)22-19(24)20(10-6-11-20)13-16-7-3-2-4-8-16/h2-5,7-9,12,15H,6,10-11,13-14H2,1H3,(H,21,23)(H,22,24)/t15-/m1/s1. The molecule has 3 rings (SSSR count). The third kappa shape index (κ3) is 4.10. The lowest BCUT2D eigenvalue weighted by molar-refractivity contribution is -0.139. The van der Waals surface area contributed by atoms with E-state index in [0.717, 1.165) is 31.2 Å². The zero-order valence-electron chi connectivity index (χ0n) is 14.5. The van der Waals surface area contributed by atoms with Crippen LogP contribution in [0.3, 0.4) is 0 Å². The Morgan fingerprint density at radius 3 is 2.52 bits per heavy atom. The third-order valence-electron chi connectivity index (χ3n) is 4.94. The fourth-order valence-electron chi connectivity index (χ4n) is 3.23. The van der Waals surface area contributed by atoms with E-state index in [0.29, 0.717) is 12.3 Å². The topological polar surface area (TPSA) is 71.3 Å². The first-order chi connectivity index (χ1) is 12.1. The molecule has 0 radical (unpaired) electrons. The lowest BCUT2D eigenvalue weighted by Gasteiger charge is -2.41. The van der Waals surface area contributed by atoms with Gasteiger partial charge in [-0.05, 0) is 43.9 Å². The SMILES string of the molecule is C[C@@H](NC(=O)C1(Cc2ccccc2)CCC1)C(=O)NCc1ccco1. The Balaban J connectivity index is 1.55. The molecule has 25 heavy (non-hydrogen) atoms. The van der Waals surface area contributed by atoms with Crippen LogP contribution < -0.4 is 10.6 Å². The van der Waals surface area contributed by atoms with Crippen molar-refractivity contribution < 1.29 is 14.0 Å². The van der Waals surface area contributed by atoms with E-state index in [9.17, 15) is 9.59 Å². The molecule has 1 aromatic heterocycles. The van der Waals surface area contributed by atoms with E-state index in [4.69, 9.17) is 4.42 Å². The first kappa shape index (κ1) is 17.3. The second kappa shape index (κ2) is 7.55. The van der Waals surface area contributed by atoms with Crippen LogP contribution in [0.25, 0.3) is 0 Å². The lowest BCUT2D eigenvalue weighted by Crippen LogP contribution is -2.53. The lowest BCUT2D eigenvalue weighted by atomic mass is 9.64. The summed E-state index contributed by atoms with van der Waals surface area (Å²) in [5.74, 6) is 0.452. The van der Waals surface area contributed by atoms with Gasteiger partial charge in [0.1, 0.15) is 11.8 Å². The Labute approximate surface area is 147 Å². The number of nitrogens with one attached hydrogen (secondary N) is 2. The Morgan fingerprint density at radius 2 is 1.92 bits per heavy atom. The Kier molecular flexibility index (Phi) is 5.22. The molecule has 132 valence electrons. The van der Waals surface area contributed by atoms with Crippen molar-refractivity contribution in [1.29, 1.82) is 0 Å². The van der Waals surface area contributed by atoms with Crippen LogP contribution in [0.4, 0.5) is 0 Å². The van der Waals surface area contributed by atoms with Crippen LogP contribution in [0.2, 0.25) is 0 Å². The Morgan fingerprint density at radius 1 is 1.16 bits per heavy atom. The van der Waals surface area contributed by atoms with Crippen LogP contribution in [0, 0.1) is 5.41 Å². The van der Waals surface area contributed by atoms with E-state index >= 15 is 0 Å². The summed E-state index contributed by atoms with van der Waals surface area (Å²) in [5, 5.41) is 5.67. The number of benzene rings is 1. The van der Waals surface area contributed by atoms with Crippen LogP contribution in [0.15, 0.2) is 53.1 Å². The number of hydrogen-bond acceptors (Lipinski definition) is 3. The summed E-state index contributed by atoms with van der Waals surface area (Å²) in [4.78, 5) is 25.0. The van der Waals surface area contributed by atoms with E-state index in [1.807, 2.05) is 30.3 Å². The van der Waals surface area contributed by atoms with Gasteiger partial charge in [-0.3, -0.25) is 9.59 Å². The van der Waals surface area contributed by atoms with Crippen LogP contribution in [-0.2, 0) is 22.6 Å². The average molecular weight is 340 g/mol. The van der Waals surface area contributed by atoms with Gasteiger partial charge in [-0.15, -0.1) is 0 Å². The summed E-state index contributed by atoms with van der Waals surface area (Å²) in [5.41, 5.74) is 0.781. The monoisotopic (exact) mass is 340 g/mol. The maximum absolute atomic E-state index is 12.8. The fourth-order valence-corrected chi connectivity index (χ4v) is 3.23. The summed E-state index contributed by atoms with van der Waals surface area (Å²) in [7, 11) is 0. The first-order valence-corrected chi connectivity index (χ1v) is 8.74. The molecule has 0 saturated heterocycles. The summed E-state index contributed by atoms with van der Waals surface area (Å²) in [6.45, 7) is 2.03. The maximum atomic E-state index is 12.8. The van der Waals surface area contributed by atoms with Gasteiger partial charge in [-0.2, -0.15) is 0 Å². The van der Waals surface area contributed by atoms with Crippen LogP contribution in [-0.4, -0.2) is 17.9 Å². The molecule has 1 aliphatic rings. The molecule has 0 bridgehead atoms. The van der Waals surface area contributed by atoms with Crippen molar-refractivity contribution in [3.8, 4) is 0 Å².